The molecule has 2 bridgehead atoms. The molecule has 0 radical (unpaired) electrons. The third-order valence-electron chi connectivity index (χ3n) is 5.84. The molecule has 1 unspecified atom stereocenters. The SMILES string of the molecule is O=C(COC/C=C/c1ccccc1)N1[C@@H]2CC[C@H]1CC(c1ccccc1)C2. The van der Waals surface area contributed by atoms with Gasteiger partial charge in [0.15, 0.2) is 0 Å². The van der Waals surface area contributed by atoms with Crippen LogP contribution in [0.15, 0.2) is 66.7 Å². The first-order valence-electron chi connectivity index (χ1n) is 9.96. The van der Waals surface area contributed by atoms with Crippen LogP contribution >= 0.6 is 0 Å². The second-order valence-corrected chi connectivity index (χ2v) is 7.59. The van der Waals surface area contributed by atoms with Crippen molar-refractivity contribution in [2.24, 2.45) is 0 Å². The average Bonchev–Trinajstić information content (AvgIpc) is 2.98. The summed E-state index contributed by atoms with van der Waals surface area (Å²) in [5.41, 5.74) is 2.57. The molecule has 1 amide bonds. The van der Waals surface area contributed by atoms with Gasteiger partial charge in [0, 0.05) is 12.1 Å². The maximum absolute atomic E-state index is 12.7. The highest BCUT2D eigenvalue weighted by atomic mass is 16.5. The van der Waals surface area contributed by atoms with E-state index in [0.717, 1.165) is 31.2 Å². The molecule has 4 rings (SSSR count). The average molecular weight is 361 g/mol. The Kier molecular flexibility index (Phi) is 5.69. The van der Waals surface area contributed by atoms with Crippen LogP contribution in [0.4, 0.5) is 0 Å². The standard InChI is InChI=1S/C24H27NO2/c26-24(18-27-15-7-10-19-8-3-1-4-9-19)25-22-13-14-23(25)17-21(16-22)20-11-5-2-6-12-20/h1-12,21-23H,13-18H2/b10-7+/t21?,22-,23+. The fraction of sp³-hybridized carbons (Fsp3) is 0.375. The predicted molar refractivity (Wildman–Crippen MR) is 108 cm³/mol. The number of hydrogen-bond acceptors (Lipinski definition) is 2. The molecule has 2 aliphatic rings. The summed E-state index contributed by atoms with van der Waals surface area (Å²) in [6.45, 7) is 0.651. The molecule has 2 aromatic rings. The number of carbonyl (C=O) groups excluding carboxylic acids is 1. The summed E-state index contributed by atoms with van der Waals surface area (Å²) in [7, 11) is 0. The Bertz CT molecular complexity index is 757. The van der Waals surface area contributed by atoms with Gasteiger partial charge in [-0.25, -0.2) is 0 Å². The minimum atomic E-state index is 0.155. The van der Waals surface area contributed by atoms with Gasteiger partial charge < -0.3 is 9.64 Å². The van der Waals surface area contributed by atoms with Crippen LogP contribution in [0.5, 0.6) is 0 Å². The largest absolute Gasteiger partial charge is 0.368 e. The highest BCUT2D eigenvalue weighted by Crippen LogP contribution is 2.42. The van der Waals surface area contributed by atoms with Crippen molar-refractivity contribution in [1.82, 2.24) is 4.90 Å². The molecule has 2 aromatic carbocycles. The van der Waals surface area contributed by atoms with E-state index in [0.29, 0.717) is 24.6 Å². The minimum Gasteiger partial charge on any atom is -0.368 e. The molecule has 2 fully saturated rings. The fourth-order valence-corrected chi connectivity index (χ4v) is 4.62. The van der Waals surface area contributed by atoms with Crippen LogP contribution in [-0.2, 0) is 9.53 Å². The van der Waals surface area contributed by atoms with Crippen LogP contribution in [0.3, 0.4) is 0 Å². The smallest absolute Gasteiger partial charge is 0.249 e. The van der Waals surface area contributed by atoms with Gasteiger partial charge in [0.1, 0.15) is 6.61 Å². The van der Waals surface area contributed by atoms with Gasteiger partial charge in [-0.05, 0) is 42.7 Å². The van der Waals surface area contributed by atoms with Crippen molar-refractivity contribution in [3.63, 3.8) is 0 Å². The van der Waals surface area contributed by atoms with Gasteiger partial charge in [-0.2, -0.15) is 0 Å². The van der Waals surface area contributed by atoms with Crippen molar-refractivity contribution in [3.05, 3.63) is 77.9 Å². The van der Waals surface area contributed by atoms with Crippen LogP contribution in [-0.4, -0.2) is 36.1 Å². The number of benzene rings is 2. The number of fused-ring (bicyclic) bond motifs is 2. The Hall–Kier alpha value is -2.39. The van der Waals surface area contributed by atoms with E-state index in [1.807, 2.05) is 30.4 Å². The van der Waals surface area contributed by atoms with Crippen molar-refractivity contribution in [2.75, 3.05) is 13.2 Å². The van der Waals surface area contributed by atoms with E-state index in [1.165, 1.54) is 5.56 Å². The molecule has 0 saturated carbocycles. The van der Waals surface area contributed by atoms with Gasteiger partial charge in [0.25, 0.3) is 0 Å². The maximum atomic E-state index is 12.7. The molecular weight excluding hydrogens is 334 g/mol. The lowest BCUT2D eigenvalue weighted by atomic mass is 9.85. The topological polar surface area (TPSA) is 29.5 Å². The highest BCUT2D eigenvalue weighted by Gasteiger charge is 2.43. The maximum Gasteiger partial charge on any atom is 0.249 e. The molecule has 3 atom stereocenters. The monoisotopic (exact) mass is 361 g/mol. The number of hydrogen-bond donors (Lipinski definition) is 0. The molecule has 0 aromatic heterocycles. The minimum absolute atomic E-state index is 0.155. The molecule has 2 aliphatic heterocycles. The Morgan fingerprint density at radius 1 is 0.963 bits per heavy atom. The van der Waals surface area contributed by atoms with Gasteiger partial charge in [-0.3, -0.25) is 4.79 Å². The van der Waals surface area contributed by atoms with Crippen molar-refractivity contribution >= 4 is 12.0 Å². The fourth-order valence-electron chi connectivity index (χ4n) is 4.62. The first-order chi connectivity index (χ1) is 13.3. The Morgan fingerprint density at radius 2 is 1.59 bits per heavy atom. The second-order valence-electron chi connectivity index (χ2n) is 7.59. The predicted octanol–water partition coefficient (Wildman–Crippen LogP) is 4.65. The number of nitrogens with zero attached hydrogens (tertiary/aromatic N) is 1. The molecule has 0 spiro atoms. The lowest BCUT2D eigenvalue weighted by Gasteiger charge is -2.39. The number of piperidine rings is 1. The number of amides is 1. The normalized spacial score (nSPS) is 24.4. The third kappa shape index (κ3) is 4.30. The summed E-state index contributed by atoms with van der Waals surface area (Å²) < 4.78 is 5.63. The van der Waals surface area contributed by atoms with E-state index in [9.17, 15) is 4.79 Å². The van der Waals surface area contributed by atoms with Gasteiger partial charge in [-0.1, -0.05) is 72.8 Å². The van der Waals surface area contributed by atoms with Crippen molar-refractivity contribution in [3.8, 4) is 0 Å². The van der Waals surface area contributed by atoms with E-state index < -0.39 is 0 Å². The summed E-state index contributed by atoms with van der Waals surface area (Å²) in [6, 6.07) is 21.6. The molecule has 140 valence electrons. The zero-order valence-electron chi connectivity index (χ0n) is 15.7. The zero-order valence-corrected chi connectivity index (χ0v) is 15.7. The van der Waals surface area contributed by atoms with Crippen LogP contribution in [0.2, 0.25) is 0 Å². The Morgan fingerprint density at radius 3 is 2.26 bits per heavy atom. The molecule has 3 heteroatoms. The Labute approximate surface area is 161 Å². The van der Waals surface area contributed by atoms with E-state index in [4.69, 9.17) is 4.74 Å². The number of ether oxygens (including phenoxy) is 1. The second kappa shape index (κ2) is 8.53. The van der Waals surface area contributed by atoms with Crippen molar-refractivity contribution in [2.45, 2.75) is 43.7 Å². The summed E-state index contributed by atoms with van der Waals surface area (Å²) >= 11 is 0. The molecule has 2 saturated heterocycles. The summed E-state index contributed by atoms with van der Waals surface area (Å²) in [6.07, 6.45) is 8.43. The highest BCUT2D eigenvalue weighted by molar-refractivity contribution is 5.78. The first-order valence-corrected chi connectivity index (χ1v) is 9.96. The molecule has 0 N–H and O–H groups in total. The lowest BCUT2D eigenvalue weighted by Crippen LogP contribution is -2.47. The van der Waals surface area contributed by atoms with Gasteiger partial charge in [0.2, 0.25) is 5.91 Å². The first kappa shape index (κ1) is 18.0. The molecule has 2 heterocycles. The third-order valence-corrected chi connectivity index (χ3v) is 5.84. The van der Waals surface area contributed by atoms with Gasteiger partial charge in [0.05, 0.1) is 6.61 Å². The molecule has 3 nitrogen and oxygen atoms in total. The van der Waals surface area contributed by atoms with Crippen molar-refractivity contribution < 1.29 is 9.53 Å². The quantitative estimate of drug-likeness (QED) is 0.701. The number of rotatable bonds is 6. The van der Waals surface area contributed by atoms with Crippen LogP contribution < -0.4 is 0 Å². The molecule has 0 aliphatic carbocycles. The summed E-state index contributed by atoms with van der Waals surface area (Å²) in [5.74, 6) is 0.740. The zero-order chi connectivity index (χ0) is 18.5. The van der Waals surface area contributed by atoms with E-state index in [1.54, 1.807) is 0 Å². The van der Waals surface area contributed by atoms with Gasteiger partial charge >= 0.3 is 0 Å². The van der Waals surface area contributed by atoms with Crippen LogP contribution in [0.25, 0.3) is 6.08 Å². The molecule has 27 heavy (non-hydrogen) atoms. The van der Waals surface area contributed by atoms with E-state index in [-0.39, 0.29) is 12.5 Å². The Balaban J connectivity index is 1.27. The van der Waals surface area contributed by atoms with Crippen LogP contribution in [0.1, 0.15) is 42.7 Å². The molecular formula is C24H27NO2. The summed E-state index contributed by atoms with van der Waals surface area (Å²) in [4.78, 5) is 14.8. The van der Waals surface area contributed by atoms with E-state index in [2.05, 4.69) is 47.4 Å². The lowest BCUT2D eigenvalue weighted by molar-refractivity contribution is -0.140. The number of carbonyl (C=O) groups is 1. The van der Waals surface area contributed by atoms with E-state index >= 15 is 0 Å². The van der Waals surface area contributed by atoms with Crippen molar-refractivity contribution in [1.29, 1.82) is 0 Å². The van der Waals surface area contributed by atoms with Crippen LogP contribution in [0, 0.1) is 0 Å². The summed E-state index contributed by atoms with van der Waals surface area (Å²) in [5, 5.41) is 0. The van der Waals surface area contributed by atoms with Gasteiger partial charge in [-0.15, -0.1) is 0 Å².